The third-order valence-corrected chi connectivity index (χ3v) is 2.81. The minimum atomic E-state index is -0.727. The molecule has 11 heavy (non-hydrogen) atoms. The molecule has 0 saturated heterocycles. The zero-order chi connectivity index (χ0) is 8.27. The number of hydrogen-bond acceptors (Lipinski definition) is 2. The second-order valence-electron chi connectivity index (χ2n) is 2.37. The van der Waals surface area contributed by atoms with Gasteiger partial charge in [0.15, 0.2) is 0 Å². The molecule has 0 aliphatic rings. The summed E-state index contributed by atoms with van der Waals surface area (Å²) in [6.45, 7) is 1.92. The fourth-order valence-corrected chi connectivity index (χ4v) is 1.60. The number of imidazole rings is 1. The summed E-state index contributed by atoms with van der Waals surface area (Å²) >= 11 is 0. The van der Waals surface area contributed by atoms with Crippen LogP contribution in [0.1, 0.15) is 12.6 Å². The maximum atomic E-state index is 11.1. The summed E-state index contributed by atoms with van der Waals surface area (Å²) in [4.78, 5) is 3.94. The van der Waals surface area contributed by atoms with E-state index >= 15 is 0 Å². The molecule has 1 aromatic rings. The predicted molar refractivity (Wildman–Crippen MR) is 45.6 cm³/mol. The van der Waals surface area contributed by atoms with Crippen molar-refractivity contribution in [3.63, 3.8) is 0 Å². The highest BCUT2D eigenvalue weighted by molar-refractivity contribution is 7.84. The van der Waals surface area contributed by atoms with Crippen molar-refractivity contribution in [1.29, 1.82) is 0 Å². The van der Waals surface area contributed by atoms with Crippen molar-refractivity contribution >= 4 is 10.8 Å². The first kappa shape index (κ1) is 8.46. The first-order valence-electron chi connectivity index (χ1n) is 3.54. The third kappa shape index (κ3) is 2.15. The van der Waals surface area contributed by atoms with Gasteiger partial charge in [-0.15, -0.1) is 0 Å². The molecule has 0 radical (unpaired) electrons. The molecular weight excluding hydrogens is 160 g/mol. The smallest absolute Gasteiger partial charge is 0.0945 e. The number of aryl methyl sites for hydroxylation is 1. The van der Waals surface area contributed by atoms with Crippen LogP contribution in [0.25, 0.3) is 0 Å². The molecule has 0 aliphatic carbocycles. The Labute approximate surface area is 68.9 Å². The molecule has 4 heteroatoms. The van der Waals surface area contributed by atoms with Crippen LogP contribution < -0.4 is 0 Å². The summed E-state index contributed by atoms with van der Waals surface area (Å²) in [6, 6.07) is 0. The van der Waals surface area contributed by atoms with Crippen molar-refractivity contribution in [3.8, 4) is 0 Å². The van der Waals surface area contributed by atoms with E-state index < -0.39 is 10.8 Å². The topological polar surface area (TPSA) is 34.9 Å². The monoisotopic (exact) mass is 172 g/mol. The average Bonchev–Trinajstić information content (AvgIpc) is 2.37. The molecule has 1 atom stereocenters. The average molecular weight is 172 g/mol. The summed E-state index contributed by atoms with van der Waals surface area (Å²) in [5.41, 5.74) is 1.03. The highest BCUT2D eigenvalue weighted by Crippen LogP contribution is 2.00. The quantitative estimate of drug-likeness (QED) is 0.672. The molecule has 3 nitrogen and oxygen atoms in total. The van der Waals surface area contributed by atoms with Gasteiger partial charge in [-0.05, 0) is 0 Å². The highest BCUT2D eigenvalue weighted by Gasteiger charge is 2.01. The van der Waals surface area contributed by atoms with E-state index in [1.165, 1.54) is 0 Å². The van der Waals surface area contributed by atoms with E-state index in [9.17, 15) is 4.21 Å². The van der Waals surface area contributed by atoms with Crippen molar-refractivity contribution in [1.82, 2.24) is 9.55 Å². The summed E-state index contributed by atoms with van der Waals surface area (Å²) < 4.78 is 13.0. The Hall–Kier alpha value is -0.640. The second kappa shape index (κ2) is 3.67. The standard InChI is InChI=1S/C7H12N2OS/c1-3-11(10)5-7-4-8-6-9(7)2/h4,6H,3,5H2,1-2H3. The zero-order valence-electron chi connectivity index (χ0n) is 6.78. The van der Waals surface area contributed by atoms with Crippen LogP contribution in [0.15, 0.2) is 12.5 Å². The van der Waals surface area contributed by atoms with Crippen LogP contribution in [0.4, 0.5) is 0 Å². The fourth-order valence-electron chi connectivity index (χ4n) is 0.791. The first-order chi connectivity index (χ1) is 5.24. The van der Waals surface area contributed by atoms with E-state index in [2.05, 4.69) is 4.98 Å². The van der Waals surface area contributed by atoms with Crippen LogP contribution in [-0.4, -0.2) is 19.5 Å². The van der Waals surface area contributed by atoms with Crippen molar-refractivity contribution in [2.45, 2.75) is 12.7 Å². The van der Waals surface area contributed by atoms with Gasteiger partial charge in [-0.25, -0.2) is 4.98 Å². The van der Waals surface area contributed by atoms with E-state index in [4.69, 9.17) is 0 Å². The lowest BCUT2D eigenvalue weighted by molar-refractivity contribution is 0.681. The molecule has 0 saturated carbocycles. The van der Waals surface area contributed by atoms with Gasteiger partial charge in [-0.3, -0.25) is 4.21 Å². The Balaban J connectivity index is 2.64. The molecule has 1 rings (SSSR count). The predicted octanol–water partition coefficient (Wildman–Crippen LogP) is 0.689. The Kier molecular flexibility index (Phi) is 2.82. The SMILES string of the molecule is CCS(=O)Cc1cncn1C. The summed E-state index contributed by atoms with van der Waals surface area (Å²) in [7, 11) is 1.18. The van der Waals surface area contributed by atoms with Crippen LogP contribution in [0.2, 0.25) is 0 Å². The van der Waals surface area contributed by atoms with Gasteiger partial charge in [0.25, 0.3) is 0 Å². The Morgan fingerprint density at radius 3 is 2.91 bits per heavy atom. The fraction of sp³-hybridized carbons (Fsp3) is 0.571. The van der Waals surface area contributed by atoms with Gasteiger partial charge in [0, 0.05) is 35.5 Å². The molecule has 1 unspecified atom stereocenters. The normalized spacial score (nSPS) is 13.3. The van der Waals surface area contributed by atoms with Crippen molar-refractivity contribution in [2.24, 2.45) is 7.05 Å². The molecule has 0 aromatic carbocycles. The minimum absolute atomic E-state index is 0.618. The van der Waals surface area contributed by atoms with E-state index in [0.29, 0.717) is 11.5 Å². The van der Waals surface area contributed by atoms with Gasteiger partial charge in [-0.2, -0.15) is 0 Å². The molecule has 1 heterocycles. The molecule has 0 bridgehead atoms. The van der Waals surface area contributed by atoms with Crippen molar-refractivity contribution in [3.05, 3.63) is 18.2 Å². The lowest BCUT2D eigenvalue weighted by Gasteiger charge is -1.99. The van der Waals surface area contributed by atoms with Crippen molar-refractivity contribution < 1.29 is 4.21 Å². The Bertz CT molecular complexity index is 257. The van der Waals surface area contributed by atoms with Crippen LogP contribution in [0.3, 0.4) is 0 Å². The Morgan fingerprint density at radius 1 is 1.73 bits per heavy atom. The molecule has 1 aromatic heterocycles. The van der Waals surface area contributed by atoms with Crippen LogP contribution in [0.5, 0.6) is 0 Å². The second-order valence-corrected chi connectivity index (χ2v) is 4.11. The molecule has 0 N–H and O–H groups in total. The summed E-state index contributed by atoms with van der Waals surface area (Å²) in [5.74, 6) is 1.33. The lowest BCUT2D eigenvalue weighted by atomic mass is 10.5. The van der Waals surface area contributed by atoms with Gasteiger partial charge in [0.1, 0.15) is 0 Å². The maximum Gasteiger partial charge on any atom is 0.0945 e. The van der Waals surface area contributed by atoms with E-state index in [0.717, 1.165) is 5.69 Å². The minimum Gasteiger partial charge on any atom is -0.337 e. The molecule has 0 fully saturated rings. The van der Waals surface area contributed by atoms with E-state index in [1.807, 2.05) is 18.5 Å². The number of hydrogen-bond donors (Lipinski definition) is 0. The van der Waals surface area contributed by atoms with Crippen LogP contribution in [-0.2, 0) is 23.6 Å². The molecule has 62 valence electrons. The highest BCUT2D eigenvalue weighted by atomic mass is 32.2. The van der Waals surface area contributed by atoms with Gasteiger partial charge >= 0.3 is 0 Å². The van der Waals surface area contributed by atoms with Crippen molar-refractivity contribution in [2.75, 3.05) is 5.75 Å². The molecular formula is C7H12N2OS. The number of nitrogens with zero attached hydrogens (tertiary/aromatic N) is 2. The molecule has 0 spiro atoms. The zero-order valence-corrected chi connectivity index (χ0v) is 7.60. The van der Waals surface area contributed by atoms with Crippen LogP contribution >= 0.6 is 0 Å². The number of aromatic nitrogens is 2. The Morgan fingerprint density at radius 2 is 2.45 bits per heavy atom. The summed E-state index contributed by atoms with van der Waals surface area (Å²) in [5, 5.41) is 0. The largest absolute Gasteiger partial charge is 0.337 e. The van der Waals surface area contributed by atoms with Gasteiger partial charge in [0.05, 0.1) is 12.1 Å². The van der Waals surface area contributed by atoms with Gasteiger partial charge in [0.2, 0.25) is 0 Å². The first-order valence-corrected chi connectivity index (χ1v) is 5.03. The van der Waals surface area contributed by atoms with E-state index in [1.54, 1.807) is 12.5 Å². The number of rotatable bonds is 3. The van der Waals surface area contributed by atoms with E-state index in [-0.39, 0.29) is 0 Å². The van der Waals surface area contributed by atoms with Gasteiger partial charge in [-0.1, -0.05) is 6.92 Å². The van der Waals surface area contributed by atoms with Gasteiger partial charge < -0.3 is 4.57 Å². The van der Waals surface area contributed by atoms with Crippen LogP contribution in [0, 0.1) is 0 Å². The maximum absolute atomic E-state index is 11.1. The lowest BCUT2D eigenvalue weighted by Crippen LogP contribution is -2.02. The molecule has 0 amide bonds. The third-order valence-electron chi connectivity index (χ3n) is 1.55. The summed E-state index contributed by atoms with van der Waals surface area (Å²) in [6.07, 6.45) is 3.48. The molecule has 0 aliphatic heterocycles.